The number of hydrogen-bond donors (Lipinski definition) is 0. The second kappa shape index (κ2) is 16.3. The van der Waals surface area contributed by atoms with Crippen LogP contribution in [0.1, 0.15) is 39.0 Å². The maximum atomic E-state index is 2.26. The Morgan fingerprint density at radius 2 is 1.40 bits per heavy atom. The van der Waals surface area contributed by atoms with Crippen molar-refractivity contribution in [1.29, 1.82) is 0 Å². The molecule has 0 rings (SSSR count). The van der Waals surface area contributed by atoms with Gasteiger partial charge in [-0.05, 0) is 0 Å². The Morgan fingerprint density at radius 1 is 0.900 bits per heavy atom. The van der Waals surface area contributed by atoms with E-state index in [2.05, 4.69) is 27.4 Å². The van der Waals surface area contributed by atoms with Crippen LogP contribution in [0.15, 0.2) is 0 Å². The quantitative estimate of drug-likeness (QED) is 0.455. The first-order valence-corrected chi connectivity index (χ1v) is 4.66. The average Bonchev–Trinajstić information content (AvgIpc) is 1.81. The zero-order valence-electron chi connectivity index (χ0n) is 6.74. The average molecular weight is 183 g/mol. The molecule has 0 fully saturated rings. The summed E-state index contributed by atoms with van der Waals surface area (Å²) in [5.74, 6) is 0. The van der Waals surface area contributed by atoms with Crippen LogP contribution >= 0.6 is 0 Å². The van der Waals surface area contributed by atoms with Gasteiger partial charge in [-0.25, -0.2) is 0 Å². The second-order valence-corrected chi connectivity index (χ2v) is 2.94. The summed E-state index contributed by atoms with van der Waals surface area (Å²) in [6.45, 7) is 2.26. The van der Waals surface area contributed by atoms with Crippen LogP contribution in [0.3, 0.4) is 0 Å². The molecule has 0 aromatic rings. The van der Waals surface area contributed by atoms with E-state index in [1.165, 1.54) is 36.8 Å². The molecule has 4 N–H and O–H groups in total. The summed E-state index contributed by atoms with van der Waals surface area (Å²) in [6, 6.07) is 0. The first-order valence-electron chi connectivity index (χ1n) is 3.56. The zero-order chi connectivity index (χ0) is 6.24. The molecule has 0 aliphatic rings. The van der Waals surface area contributed by atoms with Crippen molar-refractivity contribution in [1.82, 2.24) is 0 Å². The molecule has 0 aromatic carbocycles. The summed E-state index contributed by atoms with van der Waals surface area (Å²) in [7, 11) is 0. The van der Waals surface area contributed by atoms with Crippen molar-refractivity contribution in [2.45, 2.75) is 43.8 Å². The fourth-order valence-corrected chi connectivity index (χ4v) is 1.12. The van der Waals surface area contributed by atoms with Crippen LogP contribution in [0, 0.1) is 0 Å². The summed E-state index contributed by atoms with van der Waals surface area (Å²) < 4.78 is 1.36. The normalized spacial score (nSPS) is 7.60. The molecule has 0 radical (unpaired) electrons. The molecule has 0 atom stereocenters. The first kappa shape index (κ1) is 16.9. The van der Waals surface area contributed by atoms with Crippen molar-refractivity contribution < 1.29 is 31.4 Å². The van der Waals surface area contributed by atoms with Gasteiger partial charge in [0.15, 0.2) is 0 Å². The predicted octanol–water partition coefficient (Wildman–Crippen LogP) is 1.27. The Labute approximate surface area is 75.4 Å². The van der Waals surface area contributed by atoms with Gasteiger partial charge in [0.2, 0.25) is 0 Å². The third-order valence-electron chi connectivity index (χ3n) is 1.28. The second-order valence-electron chi connectivity index (χ2n) is 2.16. The molecule has 0 saturated carbocycles. The smallest absolute Gasteiger partial charge is 0.412 e. The maximum absolute atomic E-state index is 2.26. The van der Waals surface area contributed by atoms with Gasteiger partial charge in [-0.3, -0.25) is 0 Å². The van der Waals surface area contributed by atoms with Crippen LogP contribution in [0.2, 0.25) is 4.73 Å². The molecule has 3 heteroatoms. The Hall–Kier alpha value is 0.634. The van der Waals surface area contributed by atoms with Crippen molar-refractivity contribution in [2.75, 3.05) is 0 Å². The van der Waals surface area contributed by atoms with E-state index < -0.39 is 0 Å². The molecule has 0 aliphatic carbocycles. The van der Waals surface area contributed by atoms with E-state index in [0.29, 0.717) is 0 Å². The maximum Gasteiger partial charge on any atom is -0.412 e. The molecule has 10 heavy (non-hydrogen) atoms. The van der Waals surface area contributed by atoms with Gasteiger partial charge in [0.05, 0.1) is 0 Å². The molecule has 0 saturated heterocycles. The summed E-state index contributed by atoms with van der Waals surface area (Å²) in [4.78, 5) is 0. The third-order valence-corrected chi connectivity index (χ3v) is 1.83. The van der Waals surface area contributed by atoms with Gasteiger partial charge in [0, 0.05) is 0 Å². The van der Waals surface area contributed by atoms with E-state index in [9.17, 15) is 0 Å². The molecular weight excluding hydrogens is 164 g/mol. The Morgan fingerprint density at radius 3 is 1.80 bits per heavy atom. The van der Waals surface area contributed by atoms with E-state index >= 15 is 0 Å². The van der Waals surface area contributed by atoms with Crippen LogP contribution in [0.5, 0.6) is 0 Å². The largest absolute Gasteiger partial charge is 0.412 e. The fourth-order valence-electron chi connectivity index (χ4n) is 0.729. The Kier molecular flexibility index (Phi) is 27.6. The van der Waals surface area contributed by atoms with Crippen molar-refractivity contribution in [3.63, 3.8) is 0 Å². The molecule has 0 unspecified atom stereocenters. The summed E-state index contributed by atoms with van der Waals surface area (Å²) >= 11 is 2.26. The van der Waals surface area contributed by atoms with Crippen LogP contribution < -0.4 is 0 Å². The number of rotatable bonds is 5. The molecular formula is C7H19O2Ti. The minimum Gasteiger partial charge on any atom is -0.412 e. The van der Waals surface area contributed by atoms with E-state index in [1.807, 2.05) is 0 Å². The summed E-state index contributed by atoms with van der Waals surface area (Å²) in [5.41, 5.74) is 0. The molecule has 0 heterocycles. The predicted molar refractivity (Wildman–Crippen MR) is 40.8 cm³/mol. The Balaban J connectivity index is -0.000000245. The van der Waals surface area contributed by atoms with E-state index in [0.717, 1.165) is 0 Å². The SMILES string of the molecule is CCCCCC[CH2][Ti].O.O. The molecule has 0 bridgehead atoms. The monoisotopic (exact) mass is 183 g/mol. The Bertz CT molecular complexity index is 36.6. The van der Waals surface area contributed by atoms with Gasteiger partial charge < -0.3 is 11.0 Å². The minimum absolute atomic E-state index is 0. The zero-order valence-corrected chi connectivity index (χ0v) is 8.30. The van der Waals surface area contributed by atoms with Gasteiger partial charge in [-0.15, -0.1) is 0 Å². The van der Waals surface area contributed by atoms with Gasteiger partial charge in [-0.1, -0.05) is 0 Å². The van der Waals surface area contributed by atoms with Gasteiger partial charge in [-0.2, -0.15) is 0 Å². The van der Waals surface area contributed by atoms with Crippen molar-refractivity contribution >= 4 is 0 Å². The van der Waals surface area contributed by atoms with Crippen LogP contribution in [-0.2, 0) is 20.4 Å². The summed E-state index contributed by atoms with van der Waals surface area (Å²) in [5, 5.41) is 0. The number of unbranched alkanes of at least 4 members (excludes halogenated alkanes) is 4. The third kappa shape index (κ3) is 15.9. The molecule has 0 amide bonds. The molecule has 0 aliphatic heterocycles. The van der Waals surface area contributed by atoms with Gasteiger partial charge in [0.25, 0.3) is 0 Å². The fraction of sp³-hybridized carbons (Fsp3) is 1.00. The van der Waals surface area contributed by atoms with E-state index in [-0.39, 0.29) is 11.0 Å². The van der Waals surface area contributed by atoms with Crippen LogP contribution in [0.25, 0.3) is 0 Å². The molecule has 2 nitrogen and oxygen atoms in total. The van der Waals surface area contributed by atoms with Crippen molar-refractivity contribution in [2.24, 2.45) is 0 Å². The van der Waals surface area contributed by atoms with Gasteiger partial charge >= 0.3 is 64.2 Å². The topological polar surface area (TPSA) is 63.0 Å². The summed E-state index contributed by atoms with van der Waals surface area (Å²) in [6.07, 6.45) is 7.12. The molecule has 63 valence electrons. The first-order chi connectivity index (χ1) is 3.91. The van der Waals surface area contributed by atoms with Crippen molar-refractivity contribution in [3.05, 3.63) is 0 Å². The van der Waals surface area contributed by atoms with E-state index in [4.69, 9.17) is 0 Å². The van der Waals surface area contributed by atoms with Crippen LogP contribution in [0.4, 0.5) is 0 Å². The van der Waals surface area contributed by atoms with E-state index in [1.54, 1.807) is 0 Å². The van der Waals surface area contributed by atoms with Crippen LogP contribution in [-0.4, -0.2) is 11.0 Å². The number of hydrogen-bond acceptors (Lipinski definition) is 0. The minimum atomic E-state index is 0. The van der Waals surface area contributed by atoms with Crippen molar-refractivity contribution in [3.8, 4) is 0 Å². The molecule has 0 aromatic heterocycles. The standard InChI is InChI=1S/C7H15.2H2O.Ti/c1-3-5-7-6-4-2;;;/h1,3-7H2,2H3;2*1H2;. The molecule has 0 spiro atoms. The van der Waals surface area contributed by atoms with Gasteiger partial charge in [0.1, 0.15) is 0 Å².